The van der Waals surface area contributed by atoms with E-state index in [9.17, 15) is 4.79 Å². The lowest BCUT2D eigenvalue weighted by molar-refractivity contribution is -0.127. The van der Waals surface area contributed by atoms with Crippen LogP contribution in [-0.4, -0.2) is 15.8 Å². The number of imidazole rings is 1. The van der Waals surface area contributed by atoms with Gasteiger partial charge < -0.3 is 4.98 Å². The minimum atomic E-state index is 0.169. The van der Waals surface area contributed by atoms with E-state index in [-0.39, 0.29) is 11.3 Å². The molecule has 1 unspecified atom stereocenters. The lowest BCUT2D eigenvalue weighted by atomic mass is 9.67. The van der Waals surface area contributed by atoms with E-state index in [2.05, 4.69) is 23.8 Å². The molecule has 1 saturated carbocycles. The van der Waals surface area contributed by atoms with E-state index in [1.54, 1.807) is 12.4 Å². The van der Waals surface area contributed by atoms with E-state index in [4.69, 9.17) is 0 Å². The first-order chi connectivity index (χ1) is 7.59. The largest absolute Gasteiger partial charge is 0.348 e. The standard InChI is InChI=1S/C13H20N2O/c1-13(2)6-4-3-5-10(13)11(16)9-12-14-7-8-15-12/h7-8,10H,3-6,9H2,1-2H3,(H,14,15). The van der Waals surface area contributed by atoms with Gasteiger partial charge in [0.15, 0.2) is 0 Å². The molecule has 1 N–H and O–H groups in total. The second-order valence-electron chi connectivity index (χ2n) is 5.47. The summed E-state index contributed by atoms with van der Waals surface area (Å²) in [4.78, 5) is 19.3. The van der Waals surface area contributed by atoms with Gasteiger partial charge in [-0.2, -0.15) is 0 Å². The monoisotopic (exact) mass is 220 g/mol. The van der Waals surface area contributed by atoms with Crippen LogP contribution in [0.15, 0.2) is 12.4 Å². The third kappa shape index (κ3) is 2.34. The van der Waals surface area contributed by atoms with Gasteiger partial charge in [0.05, 0.1) is 6.42 Å². The molecule has 0 aliphatic heterocycles. The summed E-state index contributed by atoms with van der Waals surface area (Å²) in [6.45, 7) is 4.44. The highest BCUT2D eigenvalue weighted by Gasteiger charge is 2.36. The van der Waals surface area contributed by atoms with Gasteiger partial charge in [-0.1, -0.05) is 26.7 Å². The number of nitrogens with one attached hydrogen (secondary N) is 1. The molecular formula is C13H20N2O. The van der Waals surface area contributed by atoms with Crippen molar-refractivity contribution in [2.75, 3.05) is 0 Å². The van der Waals surface area contributed by atoms with Crippen LogP contribution in [0.5, 0.6) is 0 Å². The van der Waals surface area contributed by atoms with Crippen LogP contribution < -0.4 is 0 Å². The molecule has 1 aromatic heterocycles. The van der Waals surface area contributed by atoms with Crippen LogP contribution in [-0.2, 0) is 11.2 Å². The minimum absolute atomic E-state index is 0.169. The Hall–Kier alpha value is -1.12. The smallest absolute Gasteiger partial charge is 0.143 e. The fourth-order valence-electron chi connectivity index (χ4n) is 2.77. The van der Waals surface area contributed by atoms with Crippen LogP contribution in [0, 0.1) is 11.3 Å². The molecule has 88 valence electrons. The maximum Gasteiger partial charge on any atom is 0.143 e. The van der Waals surface area contributed by atoms with Gasteiger partial charge in [0, 0.05) is 18.3 Å². The number of carbonyl (C=O) groups excluding carboxylic acids is 1. The van der Waals surface area contributed by atoms with Crippen LogP contribution >= 0.6 is 0 Å². The summed E-state index contributed by atoms with van der Waals surface area (Å²) >= 11 is 0. The van der Waals surface area contributed by atoms with E-state index in [0.29, 0.717) is 12.2 Å². The number of aromatic amines is 1. The Balaban J connectivity index is 2.03. The zero-order valence-corrected chi connectivity index (χ0v) is 10.1. The molecule has 3 heteroatoms. The SMILES string of the molecule is CC1(C)CCCCC1C(=O)Cc1ncc[nH]1. The number of aromatic nitrogens is 2. The van der Waals surface area contributed by atoms with Gasteiger partial charge in [0.25, 0.3) is 0 Å². The Bertz CT molecular complexity index is 354. The van der Waals surface area contributed by atoms with Crippen molar-refractivity contribution < 1.29 is 4.79 Å². The van der Waals surface area contributed by atoms with E-state index < -0.39 is 0 Å². The number of nitrogens with zero attached hydrogens (tertiary/aromatic N) is 1. The number of Topliss-reactive ketones (excluding diaryl/α,β-unsaturated/α-hetero) is 1. The second kappa shape index (κ2) is 4.40. The number of ketones is 1. The van der Waals surface area contributed by atoms with Crippen molar-refractivity contribution in [3.63, 3.8) is 0 Å². The summed E-state index contributed by atoms with van der Waals surface area (Å²) in [5, 5.41) is 0. The van der Waals surface area contributed by atoms with Crippen molar-refractivity contribution in [1.82, 2.24) is 9.97 Å². The first kappa shape index (κ1) is 11.4. The molecule has 1 aromatic rings. The zero-order valence-electron chi connectivity index (χ0n) is 10.1. The molecule has 0 spiro atoms. The molecule has 0 saturated heterocycles. The highest BCUT2D eigenvalue weighted by atomic mass is 16.1. The molecular weight excluding hydrogens is 200 g/mol. The molecule has 0 amide bonds. The summed E-state index contributed by atoms with van der Waals surface area (Å²) in [6.07, 6.45) is 8.61. The first-order valence-corrected chi connectivity index (χ1v) is 6.10. The highest BCUT2D eigenvalue weighted by molar-refractivity contribution is 5.83. The van der Waals surface area contributed by atoms with Crippen molar-refractivity contribution in [3.8, 4) is 0 Å². The van der Waals surface area contributed by atoms with Crippen LogP contribution in [0.2, 0.25) is 0 Å². The van der Waals surface area contributed by atoms with Crippen LogP contribution in [0.25, 0.3) is 0 Å². The third-order valence-electron chi connectivity index (χ3n) is 3.79. The Morgan fingerprint density at radius 1 is 1.56 bits per heavy atom. The van der Waals surface area contributed by atoms with Crippen LogP contribution in [0.1, 0.15) is 45.4 Å². The van der Waals surface area contributed by atoms with Gasteiger partial charge in [0.1, 0.15) is 11.6 Å². The van der Waals surface area contributed by atoms with Crippen LogP contribution in [0.4, 0.5) is 0 Å². The molecule has 3 nitrogen and oxygen atoms in total. The predicted octanol–water partition coefficient (Wildman–Crippen LogP) is 2.74. The van der Waals surface area contributed by atoms with Crippen LogP contribution in [0.3, 0.4) is 0 Å². The van der Waals surface area contributed by atoms with Gasteiger partial charge in [-0.05, 0) is 18.3 Å². The zero-order chi connectivity index (χ0) is 11.6. The molecule has 0 bridgehead atoms. The van der Waals surface area contributed by atoms with E-state index in [0.717, 1.165) is 12.2 Å². The minimum Gasteiger partial charge on any atom is -0.348 e. The average Bonchev–Trinajstić information content (AvgIpc) is 2.69. The molecule has 0 radical (unpaired) electrons. The number of H-pyrrole nitrogens is 1. The lowest BCUT2D eigenvalue weighted by Gasteiger charge is -2.37. The van der Waals surface area contributed by atoms with Crippen molar-refractivity contribution in [1.29, 1.82) is 0 Å². The predicted molar refractivity (Wildman–Crippen MR) is 63.0 cm³/mol. The lowest BCUT2D eigenvalue weighted by Crippen LogP contribution is -2.35. The Morgan fingerprint density at radius 2 is 2.38 bits per heavy atom. The molecule has 16 heavy (non-hydrogen) atoms. The number of rotatable bonds is 3. The summed E-state index contributed by atoms with van der Waals surface area (Å²) in [5.74, 6) is 1.36. The highest BCUT2D eigenvalue weighted by Crippen LogP contribution is 2.41. The quantitative estimate of drug-likeness (QED) is 0.851. The second-order valence-corrected chi connectivity index (χ2v) is 5.47. The fraction of sp³-hybridized carbons (Fsp3) is 0.692. The van der Waals surface area contributed by atoms with E-state index >= 15 is 0 Å². The van der Waals surface area contributed by atoms with Crippen molar-refractivity contribution in [2.24, 2.45) is 11.3 Å². The summed E-state index contributed by atoms with van der Waals surface area (Å²) in [7, 11) is 0. The first-order valence-electron chi connectivity index (χ1n) is 6.10. The Morgan fingerprint density at radius 3 is 3.00 bits per heavy atom. The number of hydrogen-bond acceptors (Lipinski definition) is 2. The normalized spacial score (nSPS) is 24.2. The van der Waals surface area contributed by atoms with Gasteiger partial charge >= 0.3 is 0 Å². The third-order valence-corrected chi connectivity index (χ3v) is 3.79. The molecule has 0 aromatic carbocycles. The topological polar surface area (TPSA) is 45.8 Å². The Kier molecular flexibility index (Phi) is 3.13. The van der Waals surface area contributed by atoms with Crippen molar-refractivity contribution in [3.05, 3.63) is 18.2 Å². The van der Waals surface area contributed by atoms with Crippen molar-refractivity contribution >= 4 is 5.78 Å². The molecule has 1 aliphatic carbocycles. The molecule has 1 aliphatic rings. The maximum atomic E-state index is 12.2. The average molecular weight is 220 g/mol. The van der Waals surface area contributed by atoms with Gasteiger partial charge in [-0.25, -0.2) is 4.98 Å². The number of carbonyl (C=O) groups is 1. The van der Waals surface area contributed by atoms with Crippen molar-refractivity contribution in [2.45, 2.75) is 46.0 Å². The summed E-state index contributed by atoms with van der Waals surface area (Å²) in [5.41, 5.74) is 0.169. The van der Waals surface area contributed by atoms with Gasteiger partial charge in [-0.15, -0.1) is 0 Å². The maximum absolute atomic E-state index is 12.2. The van der Waals surface area contributed by atoms with E-state index in [1.165, 1.54) is 19.3 Å². The summed E-state index contributed by atoms with van der Waals surface area (Å²) in [6, 6.07) is 0. The van der Waals surface area contributed by atoms with Gasteiger partial charge in [-0.3, -0.25) is 4.79 Å². The fourth-order valence-corrected chi connectivity index (χ4v) is 2.77. The molecule has 2 rings (SSSR count). The molecule has 1 atom stereocenters. The molecule has 1 heterocycles. The molecule has 1 fully saturated rings. The summed E-state index contributed by atoms with van der Waals surface area (Å²) < 4.78 is 0. The Labute approximate surface area is 96.7 Å². The van der Waals surface area contributed by atoms with Gasteiger partial charge in [0.2, 0.25) is 0 Å². The number of hydrogen-bond donors (Lipinski definition) is 1. The van der Waals surface area contributed by atoms with E-state index in [1.807, 2.05) is 0 Å².